The monoisotopic (exact) mass is 403 g/mol. The zero-order chi connectivity index (χ0) is 19.8. The largest absolute Gasteiger partial charge is 0.322 e. The second-order valence-electron chi connectivity index (χ2n) is 9.33. The molecule has 0 heterocycles. The molecule has 2 aromatic rings. The number of nitrogens with one attached hydrogen (secondary N) is 1. The lowest BCUT2D eigenvalue weighted by Crippen LogP contribution is -2.48. The number of carbonyl (C=O) groups excluding carboxylic acids is 1. The lowest BCUT2D eigenvalue weighted by molar-refractivity contribution is -0.00518. The third kappa shape index (κ3) is 3.66. The summed E-state index contributed by atoms with van der Waals surface area (Å²) in [6.45, 7) is 3.77. The van der Waals surface area contributed by atoms with Crippen molar-refractivity contribution in [2.24, 2.45) is 17.8 Å². The highest BCUT2D eigenvalue weighted by Gasteiger charge is 2.51. The molecule has 4 fully saturated rings. The lowest BCUT2D eigenvalue weighted by Gasteiger charge is -2.57. The van der Waals surface area contributed by atoms with Gasteiger partial charge in [-0.3, -0.25) is 4.79 Å². The van der Waals surface area contributed by atoms with E-state index in [4.69, 9.17) is 0 Å². The fraction of sp³-hybridized carbons (Fsp3) is 0.423. The van der Waals surface area contributed by atoms with Gasteiger partial charge < -0.3 is 5.32 Å². The van der Waals surface area contributed by atoms with Crippen LogP contribution in [0.3, 0.4) is 0 Å². The second-order valence-corrected chi connectivity index (χ2v) is 10.4. The Morgan fingerprint density at radius 3 is 2.24 bits per heavy atom. The molecule has 0 radical (unpaired) electrons. The smallest absolute Gasteiger partial charge is 0.256 e. The van der Waals surface area contributed by atoms with Crippen molar-refractivity contribution < 1.29 is 4.79 Å². The number of hydrogen-bond acceptors (Lipinski definition) is 2. The Morgan fingerprint density at radius 1 is 1.00 bits per heavy atom. The van der Waals surface area contributed by atoms with E-state index in [9.17, 15) is 4.79 Å². The number of benzene rings is 2. The lowest BCUT2D eigenvalue weighted by atomic mass is 9.48. The van der Waals surface area contributed by atoms with Crippen molar-refractivity contribution in [3.8, 4) is 0 Å². The topological polar surface area (TPSA) is 29.1 Å². The van der Waals surface area contributed by atoms with E-state index < -0.39 is 0 Å². The molecular formula is C26H29NOS. The number of hydrogen-bond donors (Lipinski definition) is 1. The summed E-state index contributed by atoms with van der Waals surface area (Å²) >= 11 is 1.64. The van der Waals surface area contributed by atoms with Crippen LogP contribution in [0.4, 0.5) is 5.69 Å². The molecule has 1 amide bonds. The van der Waals surface area contributed by atoms with E-state index >= 15 is 0 Å². The fourth-order valence-electron chi connectivity index (χ4n) is 6.50. The molecule has 2 nitrogen and oxygen atoms in total. The Balaban J connectivity index is 1.32. The third-order valence-electron chi connectivity index (χ3n) is 7.28. The van der Waals surface area contributed by atoms with E-state index in [0.717, 1.165) is 39.7 Å². The minimum atomic E-state index is -0.0419. The van der Waals surface area contributed by atoms with Crippen molar-refractivity contribution >= 4 is 23.4 Å². The van der Waals surface area contributed by atoms with Gasteiger partial charge in [0.1, 0.15) is 0 Å². The highest BCUT2D eigenvalue weighted by Crippen LogP contribution is 2.60. The number of carbonyl (C=O) groups is 1. The first-order chi connectivity index (χ1) is 14.1. The highest BCUT2D eigenvalue weighted by molar-refractivity contribution is 7.99. The van der Waals surface area contributed by atoms with Gasteiger partial charge in [0, 0.05) is 16.3 Å². The molecule has 1 N–H and O–H groups in total. The molecule has 0 saturated heterocycles. The van der Waals surface area contributed by atoms with E-state index in [1.54, 1.807) is 11.8 Å². The minimum Gasteiger partial charge on any atom is -0.322 e. The highest BCUT2D eigenvalue weighted by atomic mass is 32.2. The van der Waals surface area contributed by atoms with Crippen molar-refractivity contribution in [3.05, 3.63) is 72.3 Å². The minimum absolute atomic E-state index is 0.0419. The van der Waals surface area contributed by atoms with E-state index in [1.165, 1.54) is 44.1 Å². The first-order valence-electron chi connectivity index (χ1n) is 10.9. The molecule has 3 heteroatoms. The van der Waals surface area contributed by atoms with Crippen LogP contribution in [0.2, 0.25) is 0 Å². The van der Waals surface area contributed by atoms with Crippen molar-refractivity contribution in [1.29, 1.82) is 0 Å². The van der Waals surface area contributed by atoms with Gasteiger partial charge in [0.15, 0.2) is 0 Å². The van der Waals surface area contributed by atoms with Gasteiger partial charge in [0.2, 0.25) is 0 Å². The molecule has 0 aliphatic heterocycles. The van der Waals surface area contributed by atoms with Gasteiger partial charge in [-0.1, -0.05) is 30.3 Å². The molecule has 29 heavy (non-hydrogen) atoms. The van der Waals surface area contributed by atoms with Gasteiger partial charge >= 0.3 is 0 Å². The Morgan fingerprint density at radius 2 is 1.62 bits per heavy atom. The predicted molar refractivity (Wildman–Crippen MR) is 122 cm³/mol. The van der Waals surface area contributed by atoms with Gasteiger partial charge in [-0.15, -0.1) is 18.3 Å². The molecule has 4 aliphatic carbocycles. The van der Waals surface area contributed by atoms with Crippen LogP contribution in [0.25, 0.3) is 0 Å². The summed E-state index contributed by atoms with van der Waals surface area (Å²) in [7, 11) is 0. The molecule has 0 aromatic heterocycles. The molecule has 4 bridgehead atoms. The van der Waals surface area contributed by atoms with Gasteiger partial charge in [-0.2, -0.15) is 0 Å². The summed E-state index contributed by atoms with van der Waals surface area (Å²) < 4.78 is 0. The Hall–Kier alpha value is -2.00. The molecule has 0 spiro atoms. The third-order valence-corrected chi connectivity index (χ3v) is 8.35. The van der Waals surface area contributed by atoms with E-state index in [0.29, 0.717) is 5.41 Å². The average Bonchev–Trinajstić information content (AvgIpc) is 2.72. The maximum atomic E-state index is 12.9. The van der Waals surface area contributed by atoms with Gasteiger partial charge in [0.05, 0.1) is 5.56 Å². The normalized spacial score (nSPS) is 29.6. The summed E-state index contributed by atoms with van der Waals surface area (Å²) in [5, 5.41) is 3.10. The summed E-state index contributed by atoms with van der Waals surface area (Å²) in [6.07, 6.45) is 10.4. The molecule has 0 atom stereocenters. The van der Waals surface area contributed by atoms with E-state index in [1.807, 2.05) is 30.3 Å². The first-order valence-corrected chi connectivity index (χ1v) is 11.9. The van der Waals surface area contributed by atoms with Crippen molar-refractivity contribution in [3.63, 3.8) is 0 Å². The average molecular weight is 404 g/mol. The van der Waals surface area contributed by atoms with Crippen molar-refractivity contribution in [2.75, 3.05) is 11.1 Å². The fourth-order valence-corrected chi connectivity index (χ4v) is 7.29. The van der Waals surface area contributed by atoms with Crippen LogP contribution in [0.15, 0.2) is 66.1 Å². The zero-order valence-electron chi connectivity index (χ0n) is 16.9. The SMILES string of the molecule is C=CCSc1ccccc1C(=O)Nc1ccc(C23CC4CC(CC(C4)C2)C3)cc1. The molecule has 6 rings (SSSR count). The van der Waals surface area contributed by atoms with E-state index in [2.05, 4.69) is 36.2 Å². The quantitative estimate of drug-likeness (QED) is 0.430. The van der Waals surface area contributed by atoms with Gasteiger partial charge in [-0.05, 0) is 91.5 Å². The maximum Gasteiger partial charge on any atom is 0.256 e. The van der Waals surface area contributed by atoms with E-state index in [-0.39, 0.29) is 5.91 Å². The zero-order valence-corrected chi connectivity index (χ0v) is 17.7. The number of thioether (sulfide) groups is 1. The van der Waals surface area contributed by atoms with Crippen molar-refractivity contribution in [2.45, 2.75) is 48.8 Å². The summed E-state index contributed by atoms with van der Waals surface area (Å²) in [4.78, 5) is 13.8. The molecule has 4 saturated carbocycles. The maximum absolute atomic E-state index is 12.9. The van der Waals surface area contributed by atoms with Gasteiger partial charge in [-0.25, -0.2) is 0 Å². The van der Waals surface area contributed by atoms with Crippen LogP contribution >= 0.6 is 11.8 Å². The van der Waals surface area contributed by atoms with Crippen LogP contribution < -0.4 is 5.32 Å². The Kier molecular flexibility index (Phi) is 5.03. The number of amides is 1. The molecule has 4 aliphatic rings. The number of anilines is 1. The Bertz CT molecular complexity index is 881. The molecule has 150 valence electrons. The standard InChI is InChI=1S/C26H29NOS/c1-2-11-29-24-6-4-3-5-23(24)25(28)27-22-9-7-21(8-10-22)26-15-18-12-19(16-26)14-20(13-18)17-26/h2-10,18-20H,1,11-17H2,(H,27,28). The van der Waals surface area contributed by atoms with Crippen LogP contribution in [0, 0.1) is 17.8 Å². The summed E-state index contributed by atoms with van der Waals surface area (Å²) in [5.41, 5.74) is 3.51. The van der Waals surface area contributed by atoms with Gasteiger partial charge in [0.25, 0.3) is 5.91 Å². The van der Waals surface area contributed by atoms with Crippen LogP contribution in [0.1, 0.15) is 54.4 Å². The summed E-state index contributed by atoms with van der Waals surface area (Å²) in [5.74, 6) is 3.60. The number of rotatable bonds is 6. The molecule has 0 unspecified atom stereocenters. The van der Waals surface area contributed by atoms with Crippen LogP contribution in [0.5, 0.6) is 0 Å². The predicted octanol–water partition coefficient (Wildman–Crippen LogP) is 6.68. The molecular weight excluding hydrogens is 374 g/mol. The second kappa shape index (κ2) is 7.68. The summed E-state index contributed by atoms with van der Waals surface area (Å²) in [6, 6.07) is 16.5. The van der Waals surface area contributed by atoms with Crippen molar-refractivity contribution in [1.82, 2.24) is 0 Å². The molecule has 2 aromatic carbocycles. The first kappa shape index (κ1) is 19.0. The van der Waals surface area contributed by atoms with Crippen LogP contribution in [-0.2, 0) is 5.41 Å². The van der Waals surface area contributed by atoms with Crippen LogP contribution in [-0.4, -0.2) is 11.7 Å². The Labute approximate surface area is 178 Å².